The van der Waals surface area contributed by atoms with Gasteiger partial charge in [0, 0.05) is 16.1 Å². The molecule has 0 saturated heterocycles. The lowest BCUT2D eigenvalue weighted by Crippen LogP contribution is -2.29. The first-order valence-corrected chi connectivity index (χ1v) is 7.39. The molecule has 0 radical (unpaired) electrons. The van der Waals surface area contributed by atoms with Gasteiger partial charge in [-0.3, -0.25) is 11.3 Å². The third-order valence-corrected chi connectivity index (χ3v) is 3.90. The second-order valence-electron chi connectivity index (χ2n) is 4.66. The Morgan fingerprint density at radius 2 is 1.81 bits per heavy atom. The Bertz CT molecular complexity index is 587. The van der Waals surface area contributed by atoms with E-state index in [1.54, 1.807) is 14.2 Å². The molecule has 1 unspecified atom stereocenters. The summed E-state index contributed by atoms with van der Waals surface area (Å²) < 4.78 is 11.7. The van der Waals surface area contributed by atoms with Crippen LogP contribution in [-0.2, 0) is 6.42 Å². The first-order chi connectivity index (χ1) is 10.2. The molecule has 0 aliphatic heterocycles. The van der Waals surface area contributed by atoms with Gasteiger partial charge in [0.25, 0.3) is 0 Å². The smallest absolute Gasteiger partial charge is 0.127 e. The summed E-state index contributed by atoms with van der Waals surface area (Å²) in [5.41, 5.74) is 5.06. The maximum atomic E-state index is 5.73. The molecule has 0 bridgehead atoms. The predicted molar refractivity (Wildman–Crippen MR) is 87.5 cm³/mol. The molecule has 4 nitrogen and oxygen atoms in total. The van der Waals surface area contributed by atoms with Crippen molar-refractivity contribution >= 4 is 15.9 Å². The van der Waals surface area contributed by atoms with Crippen LogP contribution >= 0.6 is 15.9 Å². The zero-order chi connectivity index (χ0) is 15.2. The number of nitrogens with one attached hydrogen (secondary N) is 1. The van der Waals surface area contributed by atoms with Crippen molar-refractivity contribution in [1.29, 1.82) is 0 Å². The van der Waals surface area contributed by atoms with Gasteiger partial charge in [-0.05, 0) is 30.2 Å². The normalized spacial score (nSPS) is 12.0. The van der Waals surface area contributed by atoms with E-state index in [1.807, 2.05) is 30.3 Å². The van der Waals surface area contributed by atoms with Gasteiger partial charge in [0.05, 0.1) is 20.3 Å². The summed E-state index contributed by atoms with van der Waals surface area (Å²) in [6, 6.07) is 13.9. The predicted octanol–water partition coefficient (Wildman–Crippen LogP) is 3.21. The van der Waals surface area contributed by atoms with Gasteiger partial charge in [-0.15, -0.1) is 0 Å². The minimum Gasteiger partial charge on any atom is -0.497 e. The first kappa shape index (κ1) is 15.8. The van der Waals surface area contributed by atoms with Crippen molar-refractivity contribution in [2.45, 2.75) is 12.5 Å². The third-order valence-electron chi connectivity index (χ3n) is 3.37. The second-order valence-corrected chi connectivity index (χ2v) is 5.57. The summed E-state index contributed by atoms with van der Waals surface area (Å²) in [6.07, 6.45) is 0.770. The molecule has 2 rings (SSSR count). The van der Waals surface area contributed by atoms with Crippen molar-refractivity contribution in [2.24, 2.45) is 5.84 Å². The molecule has 0 heterocycles. The first-order valence-electron chi connectivity index (χ1n) is 6.60. The highest BCUT2D eigenvalue weighted by Gasteiger charge is 2.16. The summed E-state index contributed by atoms with van der Waals surface area (Å²) in [6.45, 7) is 0. The van der Waals surface area contributed by atoms with E-state index in [4.69, 9.17) is 15.3 Å². The molecular formula is C16H19BrN2O2. The van der Waals surface area contributed by atoms with E-state index in [9.17, 15) is 0 Å². The number of rotatable bonds is 6. The third kappa shape index (κ3) is 3.97. The molecule has 2 aromatic rings. The molecule has 21 heavy (non-hydrogen) atoms. The van der Waals surface area contributed by atoms with Crippen LogP contribution in [0.4, 0.5) is 0 Å². The molecule has 0 saturated carbocycles. The molecule has 0 fully saturated rings. The van der Waals surface area contributed by atoms with Crippen LogP contribution < -0.4 is 20.7 Å². The summed E-state index contributed by atoms with van der Waals surface area (Å²) >= 11 is 3.44. The van der Waals surface area contributed by atoms with Crippen molar-refractivity contribution in [3.63, 3.8) is 0 Å². The number of ether oxygens (including phenoxy) is 2. The fraction of sp³-hybridized carbons (Fsp3) is 0.250. The van der Waals surface area contributed by atoms with E-state index in [1.165, 1.54) is 5.56 Å². The molecule has 0 aliphatic carbocycles. The topological polar surface area (TPSA) is 56.5 Å². The van der Waals surface area contributed by atoms with Gasteiger partial charge in [-0.25, -0.2) is 0 Å². The Balaban J connectivity index is 2.26. The van der Waals surface area contributed by atoms with E-state index >= 15 is 0 Å². The highest BCUT2D eigenvalue weighted by atomic mass is 79.9. The SMILES string of the molecule is COc1ccc(C(Cc2ccc(Br)cc2)NN)c(OC)c1. The van der Waals surface area contributed by atoms with Crippen LogP contribution in [-0.4, -0.2) is 14.2 Å². The van der Waals surface area contributed by atoms with Gasteiger partial charge in [-0.2, -0.15) is 0 Å². The van der Waals surface area contributed by atoms with Gasteiger partial charge >= 0.3 is 0 Å². The molecule has 2 aromatic carbocycles. The van der Waals surface area contributed by atoms with Crippen molar-refractivity contribution in [3.8, 4) is 11.5 Å². The van der Waals surface area contributed by atoms with Gasteiger partial charge in [0.1, 0.15) is 11.5 Å². The van der Waals surface area contributed by atoms with Crippen LogP contribution in [0.3, 0.4) is 0 Å². The average molecular weight is 351 g/mol. The van der Waals surface area contributed by atoms with Crippen molar-refractivity contribution in [2.75, 3.05) is 14.2 Å². The molecule has 0 amide bonds. The van der Waals surface area contributed by atoms with Gasteiger partial charge in [0.2, 0.25) is 0 Å². The summed E-state index contributed by atoms with van der Waals surface area (Å²) in [7, 11) is 3.28. The van der Waals surface area contributed by atoms with Gasteiger partial charge < -0.3 is 9.47 Å². The van der Waals surface area contributed by atoms with Gasteiger partial charge in [-0.1, -0.05) is 34.1 Å². The number of benzene rings is 2. The Labute approximate surface area is 133 Å². The van der Waals surface area contributed by atoms with E-state index in [-0.39, 0.29) is 6.04 Å². The Morgan fingerprint density at radius 1 is 1.10 bits per heavy atom. The lowest BCUT2D eigenvalue weighted by Gasteiger charge is -2.20. The fourth-order valence-electron chi connectivity index (χ4n) is 2.22. The van der Waals surface area contributed by atoms with Crippen LogP contribution in [0.1, 0.15) is 17.2 Å². The zero-order valence-electron chi connectivity index (χ0n) is 12.1. The lowest BCUT2D eigenvalue weighted by atomic mass is 9.98. The van der Waals surface area contributed by atoms with Crippen molar-refractivity contribution < 1.29 is 9.47 Å². The lowest BCUT2D eigenvalue weighted by molar-refractivity contribution is 0.384. The molecule has 0 aliphatic rings. The minimum absolute atomic E-state index is 0.0352. The molecule has 0 aromatic heterocycles. The minimum atomic E-state index is -0.0352. The molecule has 1 atom stereocenters. The summed E-state index contributed by atoms with van der Waals surface area (Å²) in [4.78, 5) is 0. The van der Waals surface area contributed by atoms with Gasteiger partial charge in [0.15, 0.2) is 0 Å². The largest absolute Gasteiger partial charge is 0.497 e. The maximum Gasteiger partial charge on any atom is 0.127 e. The zero-order valence-corrected chi connectivity index (χ0v) is 13.7. The van der Waals surface area contributed by atoms with E-state index in [2.05, 4.69) is 33.5 Å². The van der Waals surface area contributed by atoms with Crippen LogP contribution in [0, 0.1) is 0 Å². The molecule has 5 heteroatoms. The number of methoxy groups -OCH3 is 2. The number of hydrazine groups is 1. The van der Waals surface area contributed by atoms with Crippen LogP contribution in [0.15, 0.2) is 46.9 Å². The van der Waals surface area contributed by atoms with Crippen LogP contribution in [0.5, 0.6) is 11.5 Å². The molecule has 0 spiro atoms. The summed E-state index contributed by atoms with van der Waals surface area (Å²) in [5.74, 6) is 7.25. The average Bonchev–Trinajstić information content (AvgIpc) is 2.53. The number of nitrogens with two attached hydrogens (primary N) is 1. The number of hydrogen-bond donors (Lipinski definition) is 2. The maximum absolute atomic E-state index is 5.73. The quantitative estimate of drug-likeness (QED) is 0.620. The second kappa shape index (κ2) is 7.45. The highest BCUT2D eigenvalue weighted by molar-refractivity contribution is 9.10. The number of hydrogen-bond acceptors (Lipinski definition) is 4. The van der Waals surface area contributed by atoms with E-state index < -0.39 is 0 Å². The van der Waals surface area contributed by atoms with Crippen molar-refractivity contribution in [3.05, 3.63) is 58.1 Å². The Kier molecular flexibility index (Phi) is 5.61. The molecular weight excluding hydrogens is 332 g/mol. The van der Waals surface area contributed by atoms with Crippen molar-refractivity contribution in [1.82, 2.24) is 5.43 Å². The number of halogens is 1. The Hall–Kier alpha value is -1.56. The molecule has 3 N–H and O–H groups in total. The standard InChI is InChI=1S/C16H19BrN2O2/c1-20-13-7-8-14(16(10-13)21-2)15(19-18)9-11-3-5-12(17)6-4-11/h3-8,10,15,19H,9,18H2,1-2H3. The highest BCUT2D eigenvalue weighted by Crippen LogP contribution is 2.31. The van der Waals surface area contributed by atoms with E-state index in [0.717, 1.165) is 28.0 Å². The van der Waals surface area contributed by atoms with E-state index in [0.29, 0.717) is 0 Å². The fourth-order valence-corrected chi connectivity index (χ4v) is 2.49. The van der Waals surface area contributed by atoms with Crippen LogP contribution in [0.2, 0.25) is 0 Å². The summed E-state index contributed by atoms with van der Waals surface area (Å²) in [5, 5.41) is 0. The monoisotopic (exact) mass is 350 g/mol. The van der Waals surface area contributed by atoms with Crippen LogP contribution in [0.25, 0.3) is 0 Å². The molecule has 112 valence electrons. The Morgan fingerprint density at radius 3 is 2.38 bits per heavy atom.